The molecule has 6 nitrogen and oxygen atoms in total. The van der Waals surface area contributed by atoms with Gasteiger partial charge in [-0.05, 0) is 31.5 Å². The molecule has 0 bridgehead atoms. The SMILES string of the molecule is COc1ccc(-c2c(C)nn3c(N(C)C)cc(C)nc23)cc1OC. The van der Waals surface area contributed by atoms with E-state index in [1.165, 1.54) is 0 Å². The van der Waals surface area contributed by atoms with Crippen molar-refractivity contribution >= 4 is 11.5 Å². The lowest BCUT2D eigenvalue weighted by atomic mass is 10.1. The molecule has 2 heterocycles. The van der Waals surface area contributed by atoms with Crippen molar-refractivity contribution < 1.29 is 9.47 Å². The predicted molar refractivity (Wildman–Crippen MR) is 95.3 cm³/mol. The quantitative estimate of drug-likeness (QED) is 0.737. The fraction of sp³-hybridized carbons (Fsp3) is 0.333. The second-order valence-electron chi connectivity index (χ2n) is 5.92. The number of hydrogen-bond acceptors (Lipinski definition) is 5. The Balaban J connectivity index is 2.29. The number of fused-ring (bicyclic) bond motifs is 1. The van der Waals surface area contributed by atoms with Gasteiger partial charge >= 0.3 is 0 Å². The first-order valence-corrected chi connectivity index (χ1v) is 7.73. The van der Waals surface area contributed by atoms with E-state index >= 15 is 0 Å². The Morgan fingerprint density at radius 2 is 1.71 bits per heavy atom. The molecule has 0 unspecified atom stereocenters. The van der Waals surface area contributed by atoms with E-state index in [1.54, 1.807) is 14.2 Å². The van der Waals surface area contributed by atoms with Gasteiger partial charge in [0.1, 0.15) is 5.82 Å². The number of aromatic nitrogens is 3. The average Bonchev–Trinajstić information content (AvgIpc) is 2.88. The van der Waals surface area contributed by atoms with Gasteiger partial charge in [-0.25, -0.2) is 4.98 Å². The molecule has 24 heavy (non-hydrogen) atoms. The lowest BCUT2D eigenvalue weighted by Gasteiger charge is -2.14. The molecule has 0 N–H and O–H groups in total. The second-order valence-corrected chi connectivity index (χ2v) is 5.92. The van der Waals surface area contributed by atoms with Gasteiger partial charge in [0.2, 0.25) is 0 Å². The molecule has 0 aliphatic carbocycles. The highest BCUT2D eigenvalue weighted by Crippen LogP contribution is 2.35. The number of ether oxygens (including phenoxy) is 2. The van der Waals surface area contributed by atoms with Crippen molar-refractivity contribution in [2.24, 2.45) is 0 Å². The van der Waals surface area contributed by atoms with Crippen LogP contribution in [0.25, 0.3) is 16.8 Å². The molecule has 0 radical (unpaired) electrons. The molecular weight excluding hydrogens is 304 g/mol. The van der Waals surface area contributed by atoms with Gasteiger partial charge in [0.05, 0.1) is 19.9 Å². The van der Waals surface area contributed by atoms with Gasteiger partial charge in [0.25, 0.3) is 0 Å². The minimum Gasteiger partial charge on any atom is -0.493 e. The number of benzene rings is 1. The van der Waals surface area contributed by atoms with Crippen LogP contribution in [0.15, 0.2) is 24.3 Å². The molecule has 1 aromatic carbocycles. The zero-order chi connectivity index (χ0) is 17.4. The van der Waals surface area contributed by atoms with Crippen LogP contribution in [0.1, 0.15) is 11.4 Å². The van der Waals surface area contributed by atoms with Crippen LogP contribution in [0.5, 0.6) is 11.5 Å². The fourth-order valence-corrected chi connectivity index (χ4v) is 2.87. The first-order chi connectivity index (χ1) is 11.5. The molecule has 0 atom stereocenters. The van der Waals surface area contributed by atoms with Crippen molar-refractivity contribution in [3.05, 3.63) is 35.7 Å². The van der Waals surface area contributed by atoms with Crippen molar-refractivity contribution in [1.82, 2.24) is 14.6 Å². The third-order valence-corrected chi connectivity index (χ3v) is 4.00. The Bertz CT molecular complexity index is 900. The van der Waals surface area contributed by atoms with Gasteiger partial charge in [0.15, 0.2) is 17.1 Å². The van der Waals surface area contributed by atoms with Crippen LogP contribution in [0.2, 0.25) is 0 Å². The van der Waals surface area contributed by atoms with E-state index in [2.05, 4.69) is 0 Å². The van der Waals surface area contributed by atoms with E-state index in [0.29, 0.717) is 11.5 Å². The third kappa shape index (κ3) is 2.54. The van der Waals surface area contributed by atoms with Crippen molar-refractivity contribution in [2.45, 2.75) is 13.8 Å². The van der Waals surface area contributed by atoms with E-state index in [-0.39, 0.29) is 0 Å². The number of methoxy groups -OCH3 is 2. The molecular formula is C18H22N4O2. The summed E-state index contributed by atoms with van der Waals surface area (Å²) in [5.74, 6) is 2.38. The number of aryl methyl sites for hydroxylation is 2. The molecule has 3 aromatic rings. The molecule has 6 heteroatoms. The summed E-state index contributed by atoms with van der Waals surface area (Å²) in [7, 11) is 7.27. The van der Waals surface area contributed by atoms with Crippen LogP contribution in [-0.2, 0) is 0 Å². The monoisotopic (exact) mass is 326 g/mol. The normalized spacial score (nSPS) is 10.9. The summed E-state index contributed by atoms with van der Waals surface area (Å²) < 4.78 is 12.6. The molecule has 0 aliphatic rings. The van der Waals surface area contributed by atoms with Crippen LogP contribution in [0.4, 0.5) is 5.82 Å². The Labute approximate surface area is 141 Å². The number of hydrogen-bond donors (Lipinski definition) is 0. The predicted octanol–water partition coefficient (Wildman–Crippen LogP) is 3.10. The minimum atomic E-state index is 0.689. The summed E-state index contributed by atoms with van der Waals surface area (Å²) in [6.45, 7) is 3.99. The summed E-state index contributed by atoms with van der Waals surface area (Å²) >= 11 is 0. The molecule has 0 amide bonds. The zero-order valence-electron chi connectivity index (χ0n) is 14.9. The van der Waals surface area contributed by atoms with Gasteiger partial charge in [-0.2, -0.15) is 9.61 Å². The van der Waals surface area contributed by atoms with E-state index in [1.807, 2.05) is 61.6 Å². The molecule has 2 aromatic heterocycles. The molecule has 0 fully saturated rings. The molecule has 0 saturated carbocycles. The molecule has 0 saturated heterocycles. The van der Waals surface area contributed by atoms with E-state index in [9.17, 15) is 0 Å². The lowest BCUT2D eigenvalue weighted by molar-refractivity contribution is 0.355. The van der Waals surface area contributed by atoms with Crippen molar-refractivity contribution in [3.63, 3.8) is 0 Å². The maximum Gasteiger partial charge on any atom is 0.165 e. The summed E-state index contributed by atoms with van der Waals surface area (Å²) in [4.78, 5) is 6.75. The topological polar surface area (TPSA) is 51.9 Å². The minimum absolute atomic E-state index is 0.689. The molecule has 0 spiro atoms. The zero-order valence-corrected chi connectivity index (χ0v) is 14.9. The highest BCUT2D eigenvalue weighted by atomic mass is 16.5. The maximum absolute atomic E-state index is 5.43. The van der Waals surface area contributed by atoms with Gasteiger partial charge in [-0.3, -0.25) is 0 Å². The first kappa shape index (κ1) is 16.1. The number of nitrogens with zero attached hydrogens (tertiary/aromatic N) is 4. The molecule has 3 rings (SSSR count). The average molecular weight is 326 g/mol. The van der Waals surface area contributed by atoms with Gasteiger partial charge < -0.3 is 14.4 Å². The number of anilines is 1. The van der Waals surface area contributed by atoms with E-state index in [0.717, 1.165) is 34.0 Å². The van der Waals surface area contributed by atoms with Gasteiger partial charge in [-0.15, -0.1) is 0 Å². The Hall–Kier alpha value is -2.76. The second kappa shape index (κ2) is 6.03. The van der Waals surface area contributed by atoms with Gasteiger partial charge in [-0.1, -0.05) is 6.07 Å². The molecule has 126 valence electrons. The van der Waals surface area contributed by atoms with Crippen LogP contribution < -0.4 is 14.4 Å². The summed E-state index contributed by atoms with van der Waals surface area (Å²) in [6, 6.07) is 7.89. The first-order valence-electron chi connectivity index (χ1n) is 7.73. The van der Waals surface area contributed by atoms with Crippen LogP contribution in [0.3, 0.4) is 0 Å². The van der Waals surface area contributed by atoms with E-state index < -0.39 is 0 Å². The number of rotatable bonds is 4. The van der Waals surface area contributed by atoms with Crippen LogP contribution >= 0.6 is 0 Å². The Morgan fingerprint density at radius 3 is 2.33 bits per heavy atom. The highest BCUT2D eigenvalue weighted by molar-refractivity contribution is 5.82. The third-order valence-electron chi connectivity index (χ3n) is 4.00. The smallest absolute Gasteiger partial charge is 0.165 e. The Kier molecular flexibility index (Phi) is 4.05. The summed E-state index contributed by atoms with van der Waals surface area (Å²) in [5, 5.41) is 4.69. The lowest BCUT2D eigenvalue weighted by Crippen LogP contribution is -2.14. The highest BCUT2D eigenvalue weighted by Gasteiger charge is 2.18. The Morgan fingerprint density at radius 1 is 1.00 bits per heavy atom. The van der Waals surface area contributed by atoms with Crippen molar-refractivity contribution in [3.8, 4) is 22.6 Å². The summed E-state index contributed by atoms with van der Waals surface area (Å²) in [5.41, 5.74) is 4.71. The van der Waals surface area contributed by atoms with Gasteiger partial charge in [0, 0.05) is 31.4 Å². The summed E-state index contributed by atoms with van der Waals surface area (Å²) in [6.07, 6.45) is 0. The largest absolute Gasteiger partial charge is 0.493 e. The van der Waals surface area contributed by atoms with Crippen LogP contribution in [0, 0.1) is 13.8 Å². The fourth-order valence-electron chi connectivity index (χ4n) is 2.87. The van der Waals surface area contributed by atoms with Crippen molar-refractivity contribution in [1.29, 1.82) is 0 Å². The maximum atomic E-state index is 5.43. The molecule has 0 aliphatic heterocycles. The van der Waals surface area contributed by atoms with Crippen LogP contribution in [-0.4, -0.2) is 42.9 Å². The standard InChI is InChI=1S/C18H22N4O2/c1-11-9-16(21(3)4)22-18(19-11)17(12(2)20-22)13-7-8-14(23-5)15(10-13)24-6/h7-10H,1-6H3. The van der Waals surface area contributed by atoms with E-state index in [4.69, 9.17) is 19.6 Å². The van der Waals surface area contributed by atoms with Crippen molar-refractivity contribution in [2.75, 3.05) is 33.2 Å².